The van der Waals surface area contributed by atoms with Gasteiger partial charge in [0.1, 0.15) is 24.1 Å². The highest BCUT2D eigenvalue weighted by atomic mass is 19.1. The average Bonchev–Trinajstić information content (AvgIpc) is 3.24. The molecule has 1 unspecified atom stereocenters. The first-order valence-corrected chi connectivity index (χ1v) is 9.85. The number of nitrogens with one attached hydrogen (secondary N) is 2. The molecule has 1 aliphatic carbocycles. The van der Waals surface area contributed by atoms with Gasteiger partial charge in [-0.15, -0.1) is 0 Å². The zero-order valence-electron chi connectivity index (χ0n) is 16.4. The summed E-state index contributed by atoms with van der Waals surface area (Å²) in [4.78, 5) is 25.5. The van der Waals surface area contributed by atoms with Crippen molar-refractivity contribution in [2.24, 2.45) is 0 Å². The van der Waals surface area contributed by atoms with Gasteiger partial charge in [-0.1, -0.05) is 0 Å². The van der Waals surface area contributed by atoms with Gasteiger partial charge in [0.15, 0.2) is 11.5 Å². The Morgan fingerprint density at radius 2 is 1.81 bits per heavy atom. The van der Waals surface area contributed by atoms with E-state index >= 15 is 0 Å². The van der Waals surface area contributed by atoms with E-state index in [1.54, 1.807) is 0 Å². The lowest BCUT2D eigenvalue weighted by Gasteiger charge is -2.49. The molecule has 0 spiro atoms. The Labute approximate surface area is 180 Å². The van der Waals surface area contributed by atoms with Crippen molar-refractivity contribution in [1.29, 1.82) is 0 Å². The van der Waals surface area contributed by atoms with Gasteiger partial charge in [-0.3, -0.25) is 9.59 Å². The fourth-order valence-corrected chi connectivity index (χ4v) is 4.62. The van der Waals surface area contributed by atoms with Crippen LogP contribution in [0.5, 0.6) is 17.2 Å². The summed E-state index contributed by atoms with van der Waals surface area (Å²) >= 11 is 0. The lowest BCUT2D eigenvalue weighted by Crippen LogP contribution is -2.69. The second-order valence-corrected chi connectivity index (χ2v) is 7.93. The highest BCUT2D eigenvalue weighted by Crippen LogP contribution is 2.50. The fraction of sp³-hybridized carbons (Fsp3) is 0.333. The molecule has 0 aromatic heterocycles. The summed E-state index contributed by atoms with van der Waals surface area (Å²) in [5, 5.41) is 47.4. The molecule has 10 nitrogen and oxygen atoms in total. The van der Waals surface area contributed by atoms with Crippen LogP contribution in [0, 0.1) is 5.82 Å². The number of hydrogen-bond acceptors (Lipinski definition) is 8. The van der Waals surface area contributed by atoms with Crippen LogP contribution in [-0.2, 0) is 0 Å². The summed E-state index contributed by atoms with van der Waals surface area (Å²) in [5.41, 5.74) is 0.159. The van der Waals surface area contributed by atoms with Crippen LogP contribution in [0.1, 0.15) is 32.2 Å². The predicted octanol–water partition coefficient (Wildman–Crippen LogP) is -0.650. The predicted molar refractivity (Wildman–Crippen MR) is 104 cm³/mol. The smallest absolute Gasteiger partial charge is 0.255 e. The third-order valence-electron chi connectivity index (χ3n) is 6.17. The monoisotopic (exact) mass is 446 g/mol. The molecule has 6 N–H and O–H groups in total. The normalized spacial score (nSPS) is 30.2. The summed E-state index contributed by atoms with van der Waals surface area (Å²) in [7, 11) is 0. The molecule has 0 bridgehead atoms. The highest BCUT2D eigenvalue weighted by Gasteiger charge is 2.54. The van der Waals surface area contributed by atoms with Crippen LogP contribution >= 0.6 is 0 Å². The number of benzene rings is 2. The molecule has 32 heavy (non-hydrogen) atoms. The number of hydrogen-bond donors (Lipinski definition) is 6. The van der Waals surface area contributed by atoms with Gasteiger partial charge in [0.25, 0.3) is 11.8 Å². The minimum atomic E-state index is -1.68. The lowest BCUT2D eigenvalue weighted by molar-refractivity contribution is -0.117. The third-order valence-corrected chi connectivity index (χ3v) is 6.17. The zero-order valence-corrected chi connectivity index (χ0v) is 16.4. The van der Waals surface area contributed by atoms with E-state index in [-0.39, 0.29) is 35.0 Å². The highest BCUT2D eigenvalue weighted by molar-refractivity contribution is 6.02. The van der Waals surface area contributed by atoms with Crippen molar-refractivity contribution >= 4 is 11.8 Å². The first kappa shape index (κ1) is 20.5. The second kappa shape index (κ2) is 7.33. The van der Waals surface area contributed by atoms with E-state index in [2.05, 4.69) is 10.6 Å². The lowest BCUT2D eigenvalue weighted by atomic mass is 9.68. The molecular weight excluding hydrogens is 427 g/mol. The van der Waals surface area contributed by atoms with Crippen LogP contribution in [0.15, 0.2) is 30.3 Å². The Balaban J connectivity index is 1.59. The Hall–Kier alpha value is -3.41. The number of aliphatic hydroxyl groups is 3. The molecule has 0 saturated heterocycles. The van der Waals surface area contributed by atoms with Gasteiger partial charge < -0.3 is 40.5 Å². The maximum Gasteiger partial charge on any atom is 0.255 e. The van der Waals surface area contributed by atoms with Crippen LogP contribution in [-0.4, -0.2) is 69.4 Å². The maximum atomic E-state index is 13.2. The van der Waals surface area contributed by atoms with Crippen molar-refractivity contribution in [3.63, 3.8) is 0 Å². The number of aliphatic hydroxyl groups excluding tert-OH is 3. The van der Waals surface area contributed by atoms with Gasteiger partial charge in [0.2, 0.25) is 12.5 Å². The SMILES string of the molecule is O=C(N[C@@H]1C2c3cc4c(c(O)c3C(=O)N[C@H]2[C@H](O)[C@H](O)[C@H]1O)OCO4)c1ccc(F)cc1. The minimum absolute atomic E-state index is 0.0128. The Morgan fingerprint density at radius 1 is 1.09 bits per heavy atom. The van der Waals surface area contributed by atoms with Crippen molar-refractivity contribution in [3.05, 3.63) is 52.8 Å². The Morgan fingerprint density at radius 3 is 2.53 bits per heavy atom. The zero-order chi connectivity index (χ0) is 22.7. The van der Waals surface area contributed by atoms with Gasteiger partial charge in [-0.25, -0.2) is 4.39 Å². The molecule has 2 heterocycles. The number of carbonyl (C=O) groups is 2. The topological polar surface area (TPSA) is 158 Å². The third kappa shape index (κ3) is 2.97. The molecule has 2 aliphatic heterocycles. The first-order valence-electron chi connectivity index (χ1n) is 9.85. The molecule has 6 atom stereocenters. The van der Waals surface area contributed by atoms with E-state index in [1.807, 2.05) is 0 Å². The molecule has 168 valence electrons. The van der Waals surface area contributed by atoms with E-state index in [0.29, 0.717) is 0 Å². The number of phenols is 1. The molecule has 2 amide bonds. The molecule has 3 aliphatic rings. The number of carbonyl (C=O) groups excluding carboxylic acids is 2. The Bertz CT molecular complexity index is 1110. The maximum absolute atomic E-state index is 13.2. The van der Waals surface area contributed by atoms with Crippen molar-refractivity contribution < 1.29 is 43.9 Å². The number of amides is 2. The molecule has 2 aromatic carbocycles. The number of halogens is 1. The van der Waals surface area contributed by atoms with Crippen LogP contribution in [0.3, 0.4) is 0 Å². The van der Waals surface area contributed by atoms with Gasteiger partial charge >= 0.3 is 0 Å². The van der Waals surface area contributed by atoms with Crippen molar-refractivity contribution in [2.45, 2.75) is 36.3 Å². The van der Waals surface area contributed by atoms with E-state index in [1.165, 1.54) is 18.2 Å². The van der Waals surface area contributed by atoms with E-state index in [9.17, 15) is 34.4 Å². The van der Waals surface area contributed by atoms with Gasteiger partial charge in [-0.05, 0) is 35.9 Å². The molecule has 1 fully saturated rings. The van der Waals surface area contributed by atoms with Crippen LogP contribution in [0.2, 0.25) is 0 Å². The van der Waals surface area contributed by atoms with E-state index in [4.69, 9.17) is 9.47 Å². The quantitative estimate of drug-likeness (QED) is 0.355. The van der Waals surface area contributed by atoms with Crippen molar-refractivity contribution in [2.75, 3.05) is 6.79 Å². The first-order chi connectivity index (χ1) is 15.3. The largest absolute Gasteiger partial charge is 0.504 e. The van der Waals surface area contributed by atoms with Gasteiger partial charge in [-0.2, -0.15) is 0 Å². The number of ether oxygens (including phenoxy) is 2. The van der Waals surface area contributed by atoms with E-state index in [0.717, 1.165) is 12.1 Å². The van der Waals surface area contributed by atoms with Crippen LogP contribution in [0.4, 0.5) is 4.39 Å². The summed E-state index contributed by atoms with van der Waals surface area (Å²) in [6.07, 6.45) is -4.86. The molecule has 0 radical (unpaired) electrons. The summed E-state index contributed by atoms with van der Waals surface area (Å²) in [6, 6.07) is 3.88. The summed E-state index contributed by atoms with van der Waals surface area (Å²) in [6.45, 7) is -0.170. The molecular formula is C21H19FN2O8. The van der Waals surface area contributed by atoms with E-state index < -0.39 is 59.7 Å². The molecule has 1 saturated carbocycles. The average molecular weight is 446 g/mol. The summed E-state index contributed by atoms with van der Waals surface area (Å²) < 4.78 is 23.7. The Kier molecular flexibility index (Phi) is 4.69. The molecule has 5 rings (SSSR count). The summed E-state index contributed by atoms with van der Waals surface area (Å²) in [5.74, 6) is -3.18. The van der Waals surface area contributed by atoms with Crippen molar-refractivity contribution in [3.8, 4) is 17.2 Å². The second-order valence-electron chi connectivity index (χ2n) is 7.93. The number of fused-ring (bicyclic) bond motifs is 4. The molecule has 2 aromatic rings. The van der Waals surface area contributed by atoms with Gasteiger partial charge in [0.05, 0.1) is 17.6 Å². The van der Waals surface area contributed by atoms with Crippen molar-refractivity contribution in [1.82, 2.24) is 10.6 Å². The number of aromatic hydroxyl groups is 1. The van der Waals surface area contributed by atoms with Crippen LogP contribution in [0.25, 0.3) is 0 Å². The minimum Gasteiger partial charge on any atom is -0.504 e. The standard InChI is InChI=1S/C21H19FN2O8/c22-8-3-1-7(2-4-8)20(29)23-13-11-9-5-10-19(32-6-31-10)15(25)12(9)21(30)24-14(11)17(27)18(28)16(13)26/h1-5,11,13-14,16-18,25-28H,6H2,(H,23,29)(H,24,30)/t11?,13-,14-,16+,17+,18-/m1/s1. The molecule has 11 heteroatoms. The van der Waals surface area contributed by atoms with Crippen LogP contribution < -0.4 is 20.1 Å². The fourth-order valence-electron chi connectivity index (χ4n) is 4.62. The number of rotatable bonds is 2. The van der Waals surface area contributed by atoms with Gasteiger partial charge in [0, 0.05) is 11.5 Å². The number of phenolic OH excluding ortho intramolecular Hbond substituents is 1.